The molecule has 2 aromatic rings. The topological polar surface area (TPSA) is 50.8 Å². The Hall–Kier alpha value is -2.54. The Morgan fingerprint density at radius 3 is 2.48 bits per heavy atom. The molecule has 2 aliphatic rings. The van der Waals surface area contributed by atoms with E-state index >= 15 is 4.39 Å². The largest absolute Gasteiger partial charge is 0.347 e. The van der Waals surface area contributed by atoms with Gasteiger partial charge in [-0.2, -0.15) is 0 Å². The predicted molar refractivity (Wildman–Crippen MR) is 107 cm³/mol. The summed E-state index contributed by atoms with van der Waals surface area (Å²) in [6.07, 6.45) is -2.62. The molecule has 152 valence electrons. The summed E-state index contributed by atoms with van der Waals surface area (Å²) in [4.78, 5) is 13.6. The van der Waals surface area contributed by atoms with Crippen LogP contribution < -0.4 is 5.32 Å². The quantitative estimate of drug-likeness (QED) is 0.842. The molecule has 5 nitrogen and oxygen atoms in total. The van der Waals surface area contributed by atoms with E-state index in [1.807, 2.05) is 65.6 Å². The summed E-state index contributed by atoms with van der Waals surface area (Å²) in [5.41, 5.74) is 2.25. The number of carbonyl (C=O) groups excluding carboxylic acids is 1. The van der Waals surface area contributed by atoms with E-state index in [-0.39, 0.29) is 11.9 Å². The van der Waals surface area contributed by atoms with Crippen molar-refractivity contribution < 1.29 is 18.7 Å². The molecule has 2 saturated heterocycles. The number of benzene rings is 2. The van der Waals surface area contributed by atoms with Crippen LogP contribution in [0.5, 0.6) is 0 Å². The van der Waals surface area contributed by atoms with Crippen LogP contribution >= 0.6 is 0 Å². The molecule has 0 saturated carbocycles. The van der Waals surface area contributed by atoms with Gasteiger partial charge in [0.25, 0.3) is 0 Å². The number of fused-ring (bicyclic) bond motifs is 1. The minimum Gasteiger partial charge on any atom is -0.347 e. The molecule has 29 heavy (non-hydrogen) atoms. The molecule has 5 unspecified atom stereocenters. The zero-order valence-electron chi connectivity index (χ0n) is 16.3. The van der Waals surface area contributed by atoms with Gasteiger partial charge in [-0.05, 0) is 5.56 Å². The van der Waals surface area contributed by atoms with Crippen molar-refractivity contribution in [1.29, 1.82) is 0 Å². The second-order valence-electron chi connectivity index (χ2n) is 7.50. The summed E-state index contributed by atoms with van der Waals surface area (Å²) in [5, 5.41) is 2.67. The number of halogens is 1. The summed E-state index contributed by atoms with van der Waals surface area (Å²) in [6, 6.07) is 18.4. The van der Waals surface area contributed by atoms with Crippen LogP contribution in [0.4, 0.5) is 4.39 Å². The Kier molecular flexibility index (Phi) is 5.76. The minimum atomic E-state index is -1.34. The smallest absolute Gasteiger partial charge is 0.221 e. The first-order chi connectivity index (χ1) is 14.0. The molecule has 1 N–H and O–H groups in total. The van der Waals surface area contributed by atoms with Crippen LogP contribution in [0, 0.1) is 0 Å². The summed E-state index contributed by atoms with van der Waals surface area (Å²) in [7, 11) is 0. The van der Waals surface area contributed by atoms with Gasteiger partial charge >= 0.3 is 0 Å². The average Bonchev–Trinajstić information content (AvgIpc) is 3.00. The molecular weight excluding hydrogens is 371 g/mol. The number of hydrogen-bond donors (Lipinski definition) is 1. The van der Waals surface area contributed by atoms with Gasteiger partial charge in [0, 0.05) is 24.7 Å². The van der Waals surface area contributed by atoms with Gasteiger partial charge < -0.3 is 14.8 Å². The second kappa shape index (κ2) is 8.45. The summed E-state index contributed by atoms with van der Waals surface area (Å²) < 4.78 is 27.7. The minimum absolute atomic E-state index is 0.268. The molecule has 6 heteroatoms. The highest BCUT2D eigenvalue weighted by Gasteiger charge is 2.54. The molecule has 4 rings (SSSR count). The zero-order chi connectivity index (χ0) is 20.4. The zero-order valence-corrected chi connectivity index (χ0v) is 16.3. The lowest BCUT2D eigenvalue weighted by Crippen LogP contribution is -2.47. The van der Waals surface area contributed by atoms with Crippen LogP contribution in [0.2, 0.25) is 0 Å². The molecule has 2 aromatic carbocycles. The standard InChI is InChI=1S/C23H25FN2O3/c1-15(25-16(2)27)21-20(24)22-19(26(21)13-17-9-5-3-6-10-17)14-28-23(29-22)18-11-7-4-8-12-18/h3-12,19-23H,1,13-14H2,2H3,(H,25,27). The van der Waals surface area contributed by atoms with E-state index in [1.54, 1.807) is 0 Å². The Morgan fingerprint density at radius 2 is 1.83 bits per heavy atom. The number of nitrogens with one attached hydrogen (secondary N) is 1. The normalized spacial score (nSPS) is 29.2. The number of carbonyl (C=O) groups is 1. The summed E-state index contributed by atoms with van der Waals surface area (Å²) in [6.45, 7) is 6.18. The fraction of sp³-hybridized carbons (Fsp3) is 0.348. The van der Waals surface area contributed by atoms with Gasteiger partial charge in [-0.1, -0.05) is 67.2 Å². The van der Waals surface area contributed by atoms with Gasteiger partial charge in [0.1, 0.15) is 12.3 Å². The molecule has 5 atom stereocenters. The third kappa shape index (κ3) is 4.10. The van der Waals surface area contributed by atoms with Crippen molar-refractivity contribution in [3.63, 3.8) is 0 Å². The molecule has 1 amide bonds. The highest BCUT2D eigenvalue weighted by atomic mass is 19.1. The first-order valence-electron chi connectivity index (χ1n) is 9.76. The fourth-order valence-corrected chi connectivity index (χ4v) is 4.18. The predicted octanol–water partition coefficient (Wildman–Crippen LogP) is 3.34. The maximum absolute atomic E-state index is 15.6. The van der Waals surface area contributed by atoms with E-state index in [9.17, 15) is 4.79 Å². The first kappa shape index (κ1) is 19.8. The van der Waals surface area contributed by atoms with Gasteiger partial charge in [-0.3, -0.25) is 9.69 Å². The molecule has 2 fully saturated rings. The Morgan fingerprint density at radius 1 is 1.17 bits per heavy atom. The Balaban J connectivity index is 1.60. The van der Waals surface area contributed by atoms with Crippen molar-refractivity contribution in [2.75, 3.05) is 6.61 Å². The molecule has 0 aliphatic carbocycles. The first-order valence-corrected chi connectivity index (χ1v) is 9.76. The van der Waals surface area contributed by atoms with Gasteiger partial charge in [0.15, 0.2) is 6.29 Å². The van der Waals surface area contributed by atoms with E-state index in [0.717, 1.165) is 11.1 Å². The lowest BCUT2D eigenvalue weighted by molar-refractivity contribution is -0.237. The van der Waals surface area contributed by atoms with Crippen molar-refractivity contribution >= 4 is 5.91 Å². The number of rotatable bonds is 5. The average molecular weight is 396 g/mol. The van der Waals surface area contributed by atoms with E-state index in [0.29, 0.717) is 18.8 Å². The van der Waals surface area contributed by atoms with E-state index < -0.39 is 24.6 Å². The molecule has 0 aromatic heterocycles. The monoisotopic (exact) mass is 396 g/mol. The van der Waals surface area contributed by atoms with Crippen LogP contribution in [-0.2, 0) is 20.8 Å². The SMILES string of the molecule is C=C(NC(C)=O)C1C(F)C2OC(c3ccccc3)OCC2N1Cc1ccccc1. The van der Waals surface area contributed by atoms with Gasteiger partial charge in [0.05, 0.1) is 18.7 Å². The second-order valence-corrected chi connectivity index (χ2v) is 7.50. The third-order valence-corrected chi connectivity index (χ3v) is 5.45. The van der Waals surface area contributed by atoms with Crippen molar-refractivity contribution in [1.82, 2.24) is 10.2 Å². The van der Waals surface area contributed by atoms with E-state index in [1.165, 1.54) is 6.92 Å². The van der Waals surface area contributed by atoms with Crippen molar-refractivity contribution in [2.24, 2.45) is 0 Å². The maximum atomic E-state index is 15.6. The fourth-order valence-electron chi connectivity index (χ4n) is 4.18. The van der Waals surface area contributed by atoms with Crippen LogP contribution in [0.15, 0.2) is 72.9 Å². The number of alkyl halides is 1. The third-order valence-electron chi connectivity index (χ3n) is 5.45. The number of ether oxygens (including phenoxy) is 2. The Bertz CT molecular complexity index is 861. The maximum Gasteiger partial charge on any atom is 0.221 e. The van der Waals surface area contributed by atoms with E-state index in [2.05, 4.69) is 11.9 Å². The van der Waals surface area contributed by atoms with Crippen LogP contribution in [-0.4, -0.2) is 41.8 Å². The number of nitrogens with zero attached hydrogens (tertiary/aromatic N) is 1. The van der Waals surface area contributed by atoms with E-state index in [4.69, 9.17) is 9.47 Å². The summed E-state index contributed by atoms with van der Waals surface area (Å²) in [5.74, 6) is -0.268. The lowest BCUT2D eigenvalue weighted by Gasteiger charge is -2.36. The molecular formula is C23H25FN2O3. The van der Waals surface area contributed by atoms with Crippen molar-refractivity contribution in [2.45, 2.75) is 44.1 Å². The van der Waals surface area contributed by atoms with Crippen LogP contribution in [0.3, 0.4) is 0 Å². The lowest BCUT2D eigenvalue weighted by atomic mass is 10.1. The van der Waals surface area contributed by atoms with Gasteiger partial charge in [-0.15, -0.1) is 0 Å². The molecule has 2 aliphatic heterocycles. The molecule has 0 radical (unpaired) electrons. The molecule has 0 spiro atoms. The Labute approximate surface area is 170 Å². The van der Waals surface area contributed by atoms with Crippen molar-refractivity contribution in [3.05, 3.63) is 84.1 Å². The van der Waals surface area contributed by atoms with Gasteiger partial charge in [-0.25, -0.2) is 4.39 Å². The number of hydrogen-bond acceptors (Lipinski definition) is 4. The highest BCUT2D eigenvalue weighted by Crippen LogP contribution is 2.40. The van der Waals surface area contributed by atoms with Crippen LogP contribution in [0.1, 0.15) is 24.3 Å². The van der Waals surface area contributed by atoms with Crippen molar-refractivity contribution in [3.8, 4) is 0 Å². The highest BCUT2D eigenvalue weighted by molar-refractivity contribution is 5.75. The number of amides is 1. The molecule has 2 heterocycles. The van der Waals surface area contributed by atoms with Gasteiger partial charge in [0.2, 0.25) is 5.91 Å². The molecule has 0 bridgehead atoms. The summed E-state index contributed by atoms with van der Waals surface area (Å²) >= 11 is 0. The number of likely N-dealkylation sites (tertiary alicyclic amines) is 1. The van der Waals surface area contributed by atoms with Crippen LogP contribution in [0.25, 0.3) is 0 Å².